The normalized spacial score (nSPS) is 12.8. The number of aryl methyl sites for hydroxylation is 1. The molecule has 3 rings (SSSR count). The molecule has 3 aromatic rings. The summed E-state index contributed by atoms with van der Waals surface area (Å²) in [5.74, 6) is -0.434. The molecule has 0 bridgehead atoms. The molecule has 6 nitrogen and oxygen atoms in total. The lowest BCUT2D eigenvalue weighted by Crippen LogP contribution is -2.41. The Morgan fingerprint density at radius 2 is 1.78 bits per heavy atom. The number of aliphatic hydroxyl groups is 1. The summed E-state index contributed by atoms with van der Waals surface area (Å²) in [6, 6.07) is 11.0. The maximum absolute atomic E-state index is 13.1. The summed E-state index contributed by atoms with van der Waals surface area (Å²) in [7, 11) is 0. The molecule has 0 aliphatic heterocycles. The number of alkyl halides is 6. The first-order valence-corrected chi connectivity index (χ1v) is 10.9. The van der Waals surface area contributed by atoms with Gasteiger partial charge in [0.1, 0.15) is 11.5 Å². The number of nitrogens with zero attached hydrogens (tertiary/aromatic N) is 3. The molecular formula is C23H20ClF6N3O3. The molecule has 0 fully saturated rings. The highest BCUT2D eigenvalue weighted by molar-refractivity contribution is 6.31. The van der Waals surface area contributed by atoms with E-state index in [1.807, 2.05) is 6.92 Å². The van der Waals surface area contributed by atoms with Gasteiger partial charge in [0.15, 0.2) is 6.10 Å². The number of hydrogen-bond acceptors (Lipinski definition) is 6. The van der Waals surface area contributed by atoms with Crippen LogP contribution >= 0.6 is 11.6 Å². The van der Waals surface area contributed by atoms with Crippen LogP contribution in [0.3, 0.4) is 0 Å². The van der Waals surface area contributed by atoms with Crippen molar-refractivity contribution in [3.63, 3.8) is 0 Å². The van der Waals surface area contributed by atoms with Gasteiger partial charge in [-0.15, -0.1) is 13.2 Å². The number of benzene rings is 2. The fourth-order valence-corrected chi connectivity index (χ4v) is 3.39. The lowest BCUT2D eigenvalue weighted by atomic mass is 10.1. The van der Waals surface area contributed by atoms with E-state index in [9.17, 15) is 31.4 Å². The average molecular weight is 536 g/mol. The highest BCUT2D eigenvalue weighted by atomic mass is 35.5. The summed E-state index contributed by atoms with van der Waals surface area (Å²) < 4.78 is 86.5. The van der Waals surface area contributed by atoms with Crippen LogP contribution in [-0.4, -0.2) is 40.3 Å². The Morgan fingerprint density at radius 1 is 1.03 bits per heavy atom. The largest absolute Gasteiger partial charge is 0.573 e. The molecule has 13 heteroatoms. The summed E-state index contributed by atoms with van der Waals surface area (Å²) in [6.45, 7) is 0.539. The van der Waals surface area contributed by atoms with Crippen molar-refractivity contribution in [3.8, 4) is 17.4 Å². The van der Waals surface area contributed by atoms with Gasteiger partial charge in [-0.2, -0.15) is 18.2 Å². The molecule has 1 aromatic heterocycles. The first kappa shape index (κ1) is 27.3. The van der Waals surface area contributed by atoms with Crippen LogP contribution in [0, 0.1) is 0 Å². The van der Waals surface area contributed by atoms with Crippen LogP contribution in [0.25, 0.3) is 0 Å². The predicted molar refractivity (Wildman–Crippen MR) is 119 cm³/mol. The van der Waals surface area contributed by atoms with E-state index >= 15 is 0 Å². The van der Waals surface area contributed by atoms with Gasteiger partial charge in [-0.1, -0.05) is 30.7 Å². The van der Waals surface area contributed by atoms with E-state index in [0.29, 0.717) is 17.2 Å². The molecule has 194 valence electrons. The third-order valence-corrected chi connectivity index (χ3v) is 5.17. The standard InChI is InChI=1S/C23H20ClF6N3O3/c1-2-15-11-16(6-7-18(15)24)35-20-8-9-31-21(32-20)33(13-19(34)22(25,26)27)12-14-4-3-5-17(10-14)36-23(28,29)30/h3-11,19,34H,2,12-13H2,1H3/t19-/m1/s1. The Balaban J connectivity index is 1.89. The Morgan fingerprint density at radius 3 is 2.44 bits per heavy atom. The van der Waals surface area contributed by atoms with Gasteiger partial charge >= 0.3 is 12.5 Å². The predicted octanol–water partition coefficient (Wildman–Crippen LogP) is 6.31. The van der Waals surface area contributed by atoms with E-state index in [1.54, 1.807) is 18.2 Å². The summed E-state index contributed by atoms with van der Waals surface area (Å²) in [4.78, 5) is 9.06. The SMILES string of the molecule is CCc1cc(Oc2ccnc(N(Cc3cccc(OC(F)(F)F)c3)C[C@@H](O)C(F)(F)F)n2)ccc1Cl. The van der Waals surface area contributed by atoms with E-state index in [0.717, 1.165) is 22.6 Å². The molecule has 0 saturated heterocycles. The number of aromatic nitrogens is 2. The van der Waals surface area contributed by atoms with Crippen molar-refractivity contribution in [1.29, 1.82) is 0 Å². The summed E-state index contributed by atoms with van der Waals surface area (Å²) in [6.07, 6.45) is -10.8. The van der Waals surface area contributed by atoms with E-state index in [4.69, 9.17) is 16.3 Å². The first-order valence-electron chi connectivity index (χ1n) is 10.5. The smallest absolute Gasteiger partial charge is 0.439 e. The fraction of sp³-hybridized carbons (Fsp3) is 0.304. The quantitative estimate of drug-likeness (QED) is 0.324. The Bertz CT molecular complexity index is 1180. The Labute approximate surface area is 207 Å². The second-order valence-corrected chi connectivity index (χ2v) is 7.94. The molecule has 0 radical (unpaired) electrons. The molecule has 36 heavy (non-hydrogen) atoms. The van der Waals surface area contributed by atoms with Gasteiger partial charge < -0.3 is 19.5 Å². The van der Waals surface area contributed by atoms with Gasteiger partial charge in [0, 0.05) is 23.8 Å². The van der Waals surface area contributed by atoms with Gasteiger partial charge in [-0.3, -0.25) is 0 Å². The van der Waals surface area contributed by atoms with Crippen molar-refractivity contribution in [2.24, 2.45) is 0 Å². The fourth-order valence-electron chi connectivity index (χ4n) is 3.14. The molecule has 0 spiro atoms. The minimum absolute atomic E-state index is 0.00923. The minimum Gasteiger partial charge on any atom is -0.439 e. The van der Waals surface area contributed by atoms with Crippen LogP contribution in [0.5, 0.6) is 17.4 Å². The number of aliphatic hydroxyl groups excluding tert-OH is 1. The third-order valence-electron chi connectivity index (χ3n) is 4.80. The second-order valence-electron chi connectivity index (χ2n) is 7.54. The first-order chi connectivity index (χ1) is 16.8. The number of halogens is 7. The summed E-state index contributed by atoms with van der Waals surface area (Å²) in [5.41, 5.74) is 0.964. The van der Waals surface area contributed by atoms with E-state index in [-0.39, 0.29) is 23.9 Å². The van der Waals surface area contributed by atoms with Crippen molar-refractivity contribution in [3.05, 3.63) is 70.9 Å². The zero-order valence-electron chi connectivity index (χ0n) is 18.6. The van der Waals surface area contributed by atoms with Crippen LogP contribution < -0.4 is 14.4 Å². The summed E-state index contributed by atoms with van der Waals surface area (Å²) in [5, 5.41) is 10.2. The van der Waals surface area contributed by atoms with Crippen LogP contribution in [-0.2, 0) is 13.0 Å². The Kier molecular flexibility index (Phi) is 8.51. The van der Waals surface area contributed by atoms with Crippen LogP contribution in [0.4, 0.5) is 32.3 Å². The van der Waals surface area contributed by atoms with Gasteiger partial charge in [0.25, 0.3) is 0 Å². The van der Waals surface area contributed by atoms with Crippen LogP contribution in [0.15, 0.2) is 54.7 Å². The maximum Gasteiger partial charge on any atom is 0.573 e. The number of anilines is 1. The van der Waals surface area contributed by atoms with Gasteiger partial charge in [0.2, 0.25) is 11.8 Å². The average Bonchev–Trinajstić information content (AvgIpc) is 2.78. The molecule has 0 saturated carbocycles. The molecule has 0 amide bonds. The van der Waals surface area contributed by atoms with Gasteiger partial charge in [-0.25, -0.2) is 4.98 Å². The van der Waals surface area contributed by atoms with Gasteiger partial charge in [0.05, 0.1) is 6.54 Å². The highest BCUT2D eigenvalue weighted by Gasteiger charge is 2.39. The number of ether oxygens (including phenoxy) is 2. The molecule has 1 N–H and O–H groups in total. The number of rotatable bonds is 9. The second kappa shape index (κ2) is 11.2. The van der Waals surface area contributed by atoms with Crippen molar-refractivity contribution in [2.45, 2.75) is 38.5 Å². The number of hydrogen-bond donors (Lipinski definition) is 1. The summed E-state index contributed by atoms with van der Waals surface area (Å²) >= 11 is 6.10. The molecule has 1 atom stereocenters. The van der Waals surface area contributed by atoms with E-state index in [2.05, 4.69) is 14.7 Å². The molecule has 0 aliphatic carbocycles. The molecule has 1 heterocycles. The molecular weight excluding hydrogens is 516 g/mol. The Hall–Kier alpha value is -3.25. The molecule has 0 aliphatic rings. The van der Waals surface area contributed by atoms with Crippen molar-refractivity contribution in [1.82, 2.24) is 9.97 Å². The van der Waals surface area contributed by atoms with Crippen LogP contribution in [0.2, 0.25) is 5.02 Å². The van der Waals surface area contributed by atoms with Crippen LogP contribution in [0.1, 0.15) is 18.1 Å². The topological polar surface area (TPSA) is 67.7 Å². The maximum atomic E-state index is 13.1. The van der Waals surface area contributed by atoms with Gasteiger partial charge in [-0.05, 0) is 47.9 Å². The van der Waals surface area contributed by atoms with Crippen molar-refractivity contribution >= 4 is 17.5 Å². The lowest BCUT2D eigenvalue weighted by Gasteiger charge is -2.26. The van der Waals surface area contributed by atoms with Crippen molar-refractivity contribution in [2.75, 3.05) is 11.4 Å². The zero-order valence-corrected chi connectivity index (χ0v) is 19.4. The van der Waals surface area contributed by atoms with E-state index < -0.39 is 30.9 Å². The third kappa shape index (κ3) is 7.89. The van der Waals surface area contributed by atoms with E-state index in [1.165, 1.54) is 24.4 Å². The molecule has 2 aromatic carbocycles. The van der Waals surface area contributed by atoms with Crippen molar-refractivity contribution < 1.29 is 40.9 Å². The minimum atomic E-state index is -4.95. The lowest BCUT2D eigenvalue weighted by molar-refractivity contribution is -0.274. The monoisotopic (exact) mass is 535 g/mol. The molecule has 0 unspecified atom stereocenters. The highest BCUT2D eigenvalue weighted by Crippen LogP contribution is 2.29. The zero-order chi connectivity index (χ0) is 26.5.